The third-order valence-electron chi connectivity index (χ3n) is 3.35. The fourth-order valence-corrected chi connectivity index (χ4v) is 1.88. The van der Waals surface area contributed by atoms with Crippen molar-refractivity contribution in [2.45, 2.75) is 25.8 Å². The Morgan fingerprint density at radius 1 is 1.56 bits per heavy atom. The van der Waals surface area contributed by atoms with E-state index >= 15 is 0 Å². The van der Waals surface area contributed by atoms with E-state index < -0.39 is 0 Å². The molecule has 0 aliphatic heterocycles. The lowest BCUT2D eigenvalue weighted by molar-refractivity contribution is 0.608. The van der Waals surface area contributed by atoms with Crippen molar-refractivity contribution in [2.24, 2.45) is 11.7 Å². The lowest BCUT2D eigenvalue weighted by atomic mass is 10.2. The van der Waals surface area contributed by atoms with Gasteiger partial charge in [0.2, 0.25) is 0 Å². The fraction of sp³-hybridized carbons (Fsp3) is 0.500. The second-order valence-electron chi connectivity index (χ2n) is 4.50. The van der Waals surface area contributed by atoms with E-state index in [4.69, 9.17) is 11.1 Å². The minimum absolute atomic E-state index is 0.0180. The number of hydrogen-bond donors (Lipinski definition) is 2. The van der Waals surface area contributed by atoms with Crippen LogP contribution >= 0.6 is 0 Å². The highest BCUT2D eigenvalue weighted by molar-refractivity contribution is 5.93. The lowest BCUT2D eigenvalue weighted by Crippen LogP contribution is -2.30. The van der Waals surface area contributed by atoms with Crippen molar-refractivity contribution in [3.63, 3.8) is 0 Å². The highest BCUT2D eigenvalue weighted by Gasteiger charge is 2.30. The topological polar surface area (TPSA) is 66.0 Å². The molecule has 1 aromatic rings. The highest BCUT2D eigenvalue weighted by Crippen LogP contribution is 2.36. The van der Waals surface area contributed by atoms with E-state index in [1.54, 1.807) is 12.3 Å². The van der Waals surface area contributed by atoms with Crippen molar-refractivity contribution in [1.29, 1.82) is 5.41 Å². The third-order valence-corrected chi connectivity index (χ3v) is 3.35. The molecule has 1 saturated carbocycles. The maximum absolute atomic E-state index is 7.28. The number of hydrogen-bond acceptors (Lipinski definition) is 3. The van der Waals surface area contributed by atoms with Crippen LogP contribution in [0.25, 0.3) is 0 Å². The number of rotatable bonds is 4. The van der Waals surface area contributed by atoms with Gasteiger partial charge >= 0.3 is 0 Å². The maximum Gasteiger partial charge on any atom is 0.141 e. The first-order valence-electron chi connectivity index (χ1n) is 5.63. The molecule has 1 heterocycles. The average molecular weight is 218 g/mol. The maximum atomic E-state index is 7.28. The summed E-state index contributed by atoms with van der Waals surface area (Å²) in [6.45, 7) is 2.25. The molecule has 1 aliphatic carbocycles. The summed E-state index contributed by atoms with van der Waals surface area (Å²) in [7, 11) is 2.09. The van der Waals surface area contributed by atoms with Crippen LogP contribution in [0.1, 0.15) is 25.5 Å². The van der Waals surface area contributed by atoms with Gasteiger partial charge in [0.1, 0.15) is 11.5 Å². The predicted molar refractivity (Wildman–Crippen MR) is 65.8 cm³/mol. The Morgan fingerprint density at radius 3 is 2.69 bits per heavy atom. The van der Waals surface area contributed by atoms with E-state index in [1.807, 2.05) is 6.07 Å². The number of nitrogens with zero attached hydrogens (tertiary/aromatic N) is 2. The van der Waals surface area contributed by atoms with E-state index in [0.717, 1.165) is 11.6 Å². The van der Waals surface area contributed by atoms with Crippen molar-refractivity contribution in [2.75, 3.05) is 11.9 Å². The minimum atomic E-state index is 0.0180. The molecule has 0 aromatic carbocycles. The number of pyridine rings is 1. The van der Waals surface area contributed by atoms with Gasteiger partial charge in [-0.15, -0.1) is 0 Å². The molecule has 0 amide bonds. The molecule has 86 valence electrons. The van der Waals surface area contributed by atoms with Crippen LogP contribution in [-0.2, 0) is 0 Å². The fourth-order valence-electron chi connectivity index (χ4n) is 1.88. The molecule has 4 heteroatoms. The first kappa shape index (κ1) is 10.9. The smallest absolute Gasteiger partial charge is 0.141 e. The molecule has 1 fully saturated rings. The number of nitrogens with one attached hydrogen (secondary N) is 1. The van der Waals surface area contributed by atoms with Crippen LogP contribution in [0.2, 0.25) is 0 Å². The summed E-state index contributed by atoms with van der Waals surface area (Å²) in [6, 6.07) is 4.33. The summed E-state index contributed by atoms with van der Waals surface area (Å²) < 4.78 is 0. The van der Waals surface area contributed by atoms with Crippen molar-refractivity contribution in [3.8, 4) is 0 Å². The number of amidine groups is 1. The first-order chi connectivity index (χ1) is 7.59. The molecular formula is C12H18N4. The number of aromatic nitrogens is 1. The van der Waals surface area contributed by atoms with Gasteiger partial charge in [0.15, 0.2) is 0 Å². The summed E-state index contributed by atoms with van der Waals surface area (Å²) in [4.78, 5) is 6.41. The van der Waals surface area contributed by atoms with E-state index in [2.05, 4.69) is 23.9 Å². The van der Waals surface area contributed by atoms with Crippen LogP contribution in [0.4, 0.5) is 5.69 Å². The van der Waals surface area contributed by atoms with E-state index in [9.17, 15) is 0 Å². The van der Waals surface area contributed by atoms with Gasteiger partial charge in [-0.3, -0.25) is 10.4 Å². The standard InChI is InChI=1S/C12H18N4/c1-8(9-3-4-9)16(2)10-5-6-11(12(13)14)15-7-10/h5-9H,3-4H2,1-2H3,(H3,13,14). The quantitative estimate of drug-likeness (QED) is 0.596. The summed E-state index contributed by atoms with van der Waals surface area (Å²) in [6.07, 6.45) is 4.46. The summed E-state index contributed by atoms with van der Waals surface area (Å²) >= 11 is 0. The summed E-state index contributed by atoms with van der Waals surface area (Å²) in [5.74, 6) is 0.849. The van der Waals surface area contributed by atoms with Crippen LogP contribution in [0.15, 0.2) is 18.3 Å². The van der Waals surface area contributed by atoms with Crippen molar-refractivity contribution < 1.29 is 0 Å². The highest BCUT2D eigenvalue weighted by atomic mass is 15.1. The third kappa shape index (κ3) is 2.15. The second-order valence-corrected chi connectivity index (χ2v) is 4.50. The van der Waals surface area contributed by atoms with Crippen LogP contribution in [0.3, 0.4) is 0 Å². The van der Waals surface area contributed by atoms with Gasteiger partial charge in [0.25, 0.3) is 0 Å². The molecule has 1 atom stereocenters. The molecule has 0 bridgehead atoms. The predicted octanol–water partition coefficient (Wildman–Crippen LogP) is 1.60. The van der Waals surface area contributed by atoms with Gasteiger partial charge in [0, 0.05) is 13.1 Å². The number of nitrogens with two attached hydrogens (primary N) is 1. The van der Waals surface area contributed by atoms with Gasteiger partial charge in [0.05, 0.1) is 11.9 Å². The van der Waals surface area contributed by atoms with Gasteiger partial charge in [-0.25, -0.2) is 0 Å². The SMILES string of the molecule is CC(C1CC1)N(C)c1ccc(C(=N)N)nc1. The van der Waals surface area contributed by atoms with Crippen LogP contribution < -0.4 is 10.6 Å². The minimum Gasteiger partial charge on any atom is -0.382 e. The molecule has 1 unspecified atom stereocenters. The van der Waals surface area contributed by atoms with Crippen molar-refractivity contribution >= 4 is 11.5 Å². The zero-order valence-electron chi connectivity index (χ0n) is 9.77. The molecule has 0 spiro atoms. The van der Waals surface area contributed by atoms with E-state index in [-0.39, 0.29) is 5.84 Å². The molecule has 1 aliphatic rings. The summed E-state index contributed by atoms with van der Waals surface area (Å²) in [5.41, 5.74) is 6.99. The molecule has 0 saturated heterocycles. The zero-order valence-corrected chi connectivity index (χ0v) is 9.77. The van der Waals surface area contributed by atoms with Gasteiger partial charge in [-0.05, 0) is 37.8 Å². The van der Waals surface area contributed by atoms with Crippen molar-refractivity contribution in [1.82, 2.24) is 4.98 Å². The normalized spacial score (nSPS) is 16.9. The van der Waals surface area contributed by atoms with Crippen LogP contribution in [-0.4, -0.2) is 23.9 Å². The molecular weight excluding hydrogens is 200 g/mol. The Hall–Kier alpha value is -1.58. The van der Waals surface area contributed by atoms with E-state index in [0.29, 0.717) is 11.7 Å². The molecule has 4 nitrogen and oxygen atoms in total. The van der Waals surface area contributed by atoms with E-state index in [1.165, 1.54) is 12.8 Å². The molecule has 16 heavy (non-hydrogen) atoms. The molecule has 3 N–H and O–H groups in total. The molecule has 0 radical (unpaired) electrons. The van der Waals surface area contributed by atoms with Crippen LogP contribution in [0, 0.1) is 11.3 Å². The lowest BCUT2D eigenvalue weighted by Gasteiger charge is -2.26. The Labute approximate surface area is 96.0 Å². The monoisotopic (exact) mass is 218 g/mol. The average Bonchev–Trinajstić information content (AvgIpc) is 3.11. The van der Waals surface area contributed by atoms with Crippen molar-refractivity contribution in [3.05, 3.63) is 24.0 Å². The zero-order chi connectivity index (χ0) is 11.7. The van der Waals surface area contributed by atoms with Gasteiger partial charge in [-0.1, -0.05) is 0 Å². The van der Waals surface area contributed by atoms with Gasteiger partial charge < -0.3 is 10.6 Å². The molecule has 2 rings (SSSR count). The first-order valence-corrected chi connectivity index (χ1v) is 5.63. The molecule has 1 aromatic heterocycles. The number of nitrogen functional groups attached to an aromatic ring is 1. The summed E-state index contributed by atoms with van der Waals surface area (Å²) in [5, 5.41) is 7.28. The Balaban J connectivity index is 2.11. The van der Waals surface area contributed by atoms with Gasteiger partial charge in [-0.2, -0.15) is 0 Å². The largest absolute Gasteiger partial charge is 0.382 e. The van der Waals surface area contributed by atoms with Crippen LogP contribution in [0.5, 0.6) is 0 Å². The second kappa shape index (κ2) is 4.12. The Bertz CT molecular complexity index is 381. The Morgan fingerprint density at radius 2 is 2.25 bits per heavy atom. The Kier molecular flexibility index (Phi) is 2.81. The number of anilines is 1.